The van der Waals surface area contributed by atoms with Crippen LogP contribution in [-0.4, -0.2) is 29.6 Å². The number of rotatable bonds is 8. The van der Waals surface area contributed by atoms with Crippen molar-refractivity contribution in [1.82, 2.24) is 10.3 Å². The lowest BCUT2D eigenvalue weighted by molar-refractivity contribution is -0.120. The molecule has 2 aromatic rings. The van der Waals surface area contributed by atoms with Crippen LogP contribution in [0.25, 0.3) is 0 Å². The first-order chi connectivity index (χ1) is 12.9. The summed E-state index contributed by atoms with van der Waals surface area (Å²) >= 11 is 0. The van der Waals surface area contributed by atoms with Crippen molar-refractivity contribution in [2.75, 3.05) is 6.79 Å². The first kappa shape index (κ1) is 18.6. The van der Waals surface area contributed by atoms with E-state index in [4.69, 9.17) is 24.4 Å². The number of carbonyl (C=O) groups excluding carboxylic acids is 2. The molecule has 0 bridgehead atoms. The van der Waals surface area contributed by atoms with E-state index in [9.17, 15) is 9.59 Å². The van der Waals surface area contributed by atoms with Gasteiger partial charge in [0.05, 0.1) is 0 Å². The lowest BCUT2D eigenvalue weighted by Gasteiger charge is -2.16. The van der Waals surface area contributed by atoms with Crippen molar-refractivity contribution < 1.29 is 28.2 Å². The average Bonchev–Trinajstić information content (AvgIpc) is 3.27. The van der Waals surface area contributed by atoms with Gasteiger partial charge in [0.1, 0.15) is 18.1 Å². The summed E-state index contributed by atoms with van der Waals surface area (Å²) in [5, 5.41) is 2.57. The van der Waals surface area contributed by atoms with Gasteiger partial charge in [0, 0.05) is 6.07 Å². The molecule has 9 heteroatoms. The van der Waals surface area contributed by atoms with Gasteiger partial charge in [-0.05, 0) is 24.5 Å². The van der Waals surface area contributed by atoms with Crippen LogP contribution in [-0.2, 0) is 11.4 Å². The van der Waals surface area contributed by atoms with E-state index in [2.05, 4.69) is 10.3 Å². The molecular formula is C18H21N3O6. The second-order valence-corrected chi connectivity index (χ2v) is 6.49. The summed E-state index contributed by atoms with van der Waals surface area (Å²) in [4.78, 5) is 27.8. The number of primary amides is 1. The minimum Gasteiger partial charge on any atom is -0.484 e. The van der Waals surface area contributed by atoms with E-state index in [-0.39, 0.29) is 30.9 Å². The van der Waals surface area contributed by atoms with E-state index in [0.29, 0.717) is 23.7 Å². The van der Waals surface area contributed by atoms with E-state index in [1.165, 1.54) is 6.26 Å². The van der Waals surface area contributed by atoms with Crippen LogP contribution >= 0.6 is 0 Å². The lowest BCUT2D eigenvalue weighted by atomic mass is 10.0. The largest absolute Gasteiger partial charge is 0.484 e. The molecule has 0 saturated carbocycles. The second-order valence-electron chi connectivity index (χ2n) is 6.49. The van der Waals surface area contributed by atoms with Crippen molar-refractivity contribution in [3.8, 4) is 17.2 Å². The fraction of sp³-hybridized carbons (Fsp3) is 0.389. The molecule has 0 saturated heterocycles. The van der Waals surface area contributed by atoms with Gasteiger partial charge in [-0.15, -0.1) is 0 Å². The number of aromatic nitrogens is 1. The number of benzene rings is 1. The number of hydrogen-bond acceptors (Lipinski definition) is 7. The molecule has 2 heterocycles. The number of amides is 2. The van der Waals surface area contributed by atoms with Crippen molar-refractivity contribution in [3.05, 3.63) is 36.0 Å². The van der Waals surface area contributed by atoms with E-state index < -0.39 is 17.9 Å². The Kier molecular flexibility index (Phi) is 5.49. The molecule has 2 amide bonds. The van der Waals surface area contributed by atoms with Crippen LogP contribution in [0, 0.1) is 5.92 Å². The summed E-state index contributed by atoms with van der Waals surface area (Å²) in [6.07, 6.45) is 1.65. The van der Waals surface area contributed by atoms with Gasteiger partial charge in [-0.25, -0.2) is 4.98 Å². The molecule has 0 spiro atoms. The molecule has 9 nitrogen and oxygen atoms in total. The van der Waals surface area contributed by atoms with Gasteiger partial charge in [0.15, 0.2) is 23.8 Å². The van der Waals surface area contributed by atoms with Crippen molar-refractivity contribution in [2.45, 2.75) is 32.9 Å². The highest BCUT2D eigenvalue weighted by Gasteiger charge is 2.22. The standard InChI is InChI=1S/C18H21N3O6/c1-10(2)5-12(17(19)22)21-18(23)13-7-25-16(20-13)8-24-11-3-4-14-15(6-11)27-9-26-14/h3-4,6-7,10,12H,5,8-9H2,1-2H3,(H2,19,22)(H,21,23)/t12-/m0/s1. The highest BCUT2D eigenvalue weighted by molar-refractivity contribution is 5.95. The number of hydrogen-bond donors (Lipinski definition) is 2. The molecule has 3 rings (SSSR count). The Labute approximate surface area is 155 Å². The number of oxazole rings is 1. The van der Waals surface area contributed by atoms with E-state index in [1.807, 2.05) is 13.8 Å². The van der Waals surface area contributed by atoms with Gasteiger partial charge < -0.3 is 29.7 Å². The molecule has 0 unspecified atom stereocenters. The highest BCUT2D eigenvalue weighted by atomic mass is 16.7. The summed E-state index contributed by atoms with van der Waals surface area (Å²) in [6, 6.07) is 4.41. The van der Waals surface area contributed by atoms with Crippen LogP contribution in [0.4, 0.5) is 0 Å². The Morgan fingerprint density at radius 2 is 2.07 bits per heavy atom. The Balaban J connectivity index is 1.57. The third-order valence-corrected chi connectivity index (χ3v) is 3.85. The molecule has 1 atom stereocenters. The molecule has 1 aromatic heterocycles. The zero-order valence-corrected chi connectivity index (χ0v) is 15.1. The summed E-state index contributed by atoms with van der Waals surface area (Å²) in [5.41, 5.74) is 5.38. The first-order valence-electron chi connectivity index (χ1n) is 8.49. The third-order valence-electron chi connectivity index (χ3n) is 3.85. The maximum Gasteiger partial charge on any atom is 0.273 e. The zero-order valence-electron chi connectivity index (χ0n) is 15.1. The van der Waals surface area contributed by atoms with Crippen LogP contribution < -0.4 is 25.3 Å². The molecule has 1 aliphatic rings. The normalized spacial score (nSPS) is 13.4. The molecule has 0 fully saturated rings. The summed E-state index contributed by atoms with van der Waals surface area (Å²) in [5.74, 6) is 1.10. The van der Waals surface area contributed by atoms with E-state index >= 15 is 0 Å². The quantitative estimate of drug-likeness (QED) is 0.718. The predicted octanol–water partition coefficient (Wildman–Crippen LogP) is 1.61. The van der Waals surface area contributed by atoms with Crippen molar-refractivity contribution >= 4 is 11.8 Å². The van der Waals surface area contributed by atoms with Gasteiger partial charge in [-0.3, -0.25) is 9.59 Å². The second kappa shape index (κ2) is 7.98. The van der Waals surface area contributed by atoms with Crippen LogP contribution in [0.1, 0.15) is 36.6 Å². The maximum atomic E-state index is 12.2. The number of fused-ring (bicyclic) bond motifs is 1. The molecule has 3 N–H and O–H groups in total. The first-order valence-corrected chi connectivity index (χ1v) is 8.49. The van der Waals surface area contributed by atoms with E-state index in [1.54, 1.807) is 18.2 Å². The molecule has 0 radical (unpaired) electrons. The average molecular weight is 375 g/mol. The Morgan fingerprint density at radius 1 is 1.30 bits per heavy atom. The minimum absolute atomic E-state index is 0.0260. The smallest absolute Gasteiger partial charge is 0.273 e. The number of nitrogens with two attached hydrogens (primary N) is 1. The summed E-state index contributed by atoms with van der Waals surface area (Å²) in [7, 11) is 0. The predicted molar refractivity (Wildman–Crippen MR) is 93.3 cm³/mol. The number of carbonyl (C=O) groups is 2. The number of nitrogens with one attached hydrogen (secondary N) is 1. The van der Waals surface area contributed by atoms with Gasteiger partial charge >= 0.3 is 0 Å². The molecular weight excluding hydrogens is 354 g/mol. The Morgan fingerprint density at radius 3 is 2.81 bits per heavy atom. The van der Waals surface area contributed by atoms with E-state index in [0.717, 1.165) is 0 Å². The van der Waals surface area contributed by atoms with Crippen LogP contribution in [0.2, 0.25) is 0 Å². The zero-order chi connectivity index (χ0) is 19.4. The molecule has 1 aliphatic heterocycles. The van der Waals surface area contributed by atoms with Gasteiger partial charge in [0.25, 0.3) is 5.91 Å². The van der Waals surface area contributed by atoms with Crippen LogP contribution in [0.15, 0.2) is 28.9 Å². The summed E-state index contributed by atoms with van der Waals surface area (Å²) < 4.78 is 21.3. The van der Waals surface area contributed by atoms with Crippen LogP contribution in [0.5, 0.6) is 17.2 Å². The summed E-state index contributed by atoms with van der Waals surface area (Å²) in [6.45, 7) is 4.08. The highest BCUT2D eigenvalue weighted by Crippen LogP contribution is 2.35. The van der Waals surface area contributed by atoms with Gasteiger partial charge in [0.2, 0.25) is 18.6 Å². The Bertz CT molecular complexity index is 832. The SMILES string of the molecule is CC(C)C[C@H](NC(=O)c1coc(COc2ccc3c(c2)OCO3)n1)C(N)=O. The van der Waals surface area contributed by atoms with Crippen molar-refractivity contribution in [2.24, 2.45) is 11.7 Å². The Hall–Kier alpha value is -3.23. The number of ether oxygens (including phenoxy) is 3. The lowest BCUT2D eigenvalue weighted by Crippen LogP contribution is -2.45. The van der Waals surface area contributed by atoms with Crippen molar-refractivity contribution in [1.29, 1.82) is 0 Å². The third kappa shape index (κ3) is 4.69. The molecule has 1 aromatic carbocycles. The van der Waals surface area contributed by atoms with Crippen LogP contribution in [0.3, 0.4) is 0 Å². The fourth-order valence-corrected chi connectivity index (χ4v) is 2.54. The maximum absolute atomic E-state index is 12.2. The van der Waals surface area contributed by atoms with Crippen molar-refractivity contribution in [3.63, 3.8) is 0 Å². The monoisotopic (exact) mass is 375 g/mol. The van der Waals surface area contributed by atoms with Gasteiger partial charge in [-0.1, -0.05) is 13.8 Å². The fourth-order valence-electron chi connectivity index (χ4n) is 2.54. The minimum atomic E-state index is -0.762. The topological polar surface area (TPSA) is 126 Å². The number of nitrogens with zero attached hydrogens (tertiary/aromatic N) is 1. The van der Waals surface area contributed by atoms with Gasteiger partial charge in [-0.2, -0.15) is 0 Å². The molecule has 27 heavy (non-hydrogen) atoms. The molecule has 0 aliphatic carbocycles. The molecule has 144 valence electrons.